The molecule has 0 bridgehead atoms. The van der Waals surface area contributed by atoms with E-state index in [2.05, 4.69) is 165 Å². The maximum absolute atomic E-state index is 4.69. The van der Waals surface area contributed by atoms with Crippen molar-refractivity contribution in [2.24, 2.45) is 7.05 Å². The van der Waals surface area contributed by atoms with Crippen LogP contribution < -0.4 is 0 Å². The number of aryl methyl sites for hydroxylation is 1. The number of benzene rings is 2. The number of aromatic amines is 1. The van der Waals surface area contributed by atoms with Gasteiger partial charge >= 0.3 is 0 Å². The van der Waals surface area contributed by atoms with Crippen molar-refractivity contribution in [3.8, 4) is 34.9 Å². The van der Waals surface area contributed by atoms with Crippen LogP contribution in [0.2, 0.25) is 0 Å². The first-order chi connectivity index (χ1) is 22.3. The van der Waals surface area contributed by atoms with Gasteiger partial charge in [-0.15, -0.1) is 8.77 Å². The molecule has 242 valence electrons. The fourth-order valence-electron chi connectivity index (χ4n) is 6.11. The standard InChI is InChI=1S/C15H19BrN2.C14H17BrN2.C7H3ClO2S/c1-17-7-3-4-13(17)8-11-10-18(2)15-6-5-12(16)9-14(11)15;1-17-6-2-3-12(17)7-10-9-16-14-5-4-11(15)8-13(10)14;1-2-3-4-5-6-7-11-10-9-8/h5-6,9-10,13H,3-4,7-8H2,1-2H3;4-5,8-9,12,16H,2-3,6-7H2,1H3;1H3/t13-;12-;/m11./s1. The number of likely N-dealkylation sites (N-methyl/N-ethyl adjacent to an activating group) is 2. The molecule has 0 unspecified atom stereocenters. The van der Waals surface area contributed by atoms with E-state index < -0.39 is 0 Å². The maximum Gasteiger partial charge on any atom is 0.124 e. The van der Waals surface area contributed by atoms with Crippen LogP contribution in [0.4, 0.5) is 0 Å². The van der Waals surface area contributed by atoms with Crippen LogP contribution in [0.25, 0.3) is 21.8 Å². The van der Waals surface area contributed by atoms with E-state index in [4.69, 9.17) is 11.9 Å². The number of nitrogens with zero attached hydrogens (tertiary/aromatic N) is 3. The summed E-state index contributed by atoms with van der Waals surface area (Å²) in [7, 11) is 6.62. The Bertz CT molecular complexity index is 1790. The lowest BCUT2D eigenvalue weighted by atomic mass is 10.0. The highest BCUT2D eigenvalue weighted by molar-refractivity contribution is 9.10. The third-order valence-electron chi connectivity index (χ3n) is 8.48. The first-order valence-electron chi connectivity index (χ1n) is 15.2. The Labute approximate surface area is 299 Å². The van der Waals surface area contributed by atoms with Gasteiger partial charge in [-0.1, -0.05) is 37.8 Å². The summed E-state index contributed by atoms with van der Waals surface area (Å²) in [5.41, 5.74) is 5.49. The maximum atomic E-state index is 4.69. The summed E-state index contributed by atoms with van der Waals surface area (Å²) in [6.45, 7) is 4.19. The number of H-pyrrole nitrogens is 1. The van der Waals surface area contributed by atoms with E-state index in [1.807, 2.05) is 0 Å². The first kappa shape index (κ1) is 36.5. The van der Waals surface area contributed by atoms with Crippen LogP contribution >= 0.6 is 55.8 Å². The van der Waals surface area contributed by atoms with Crippen molar-refractivity contribution in [2.45, 2.75) is 57.5 Å². The molecule has 0 spiro atoms. The minimum Gasteiger partial charge on any atom is -0.361 e. The highest BCUT2D eigenvalue weighted by Crippen LogP contribution is 2.29. The van der Waals surface area contributed by atoms with E-state index in [1.165, 1.54) is 82.6 Å². The van der Waals surface area contributed by atoms with E-state index in [0.717, 1.165) is 29.0 Å². The number of likely N-dealkylation sites (tertiary alicyclic amines) is 2. The molecule has 2 fully saturated rings. The average Bonchev–Trinajstić information content (AvgIpc) is 3.82. The van der Waals surface area contributed by atoms with Crippen molar-refractivity contribution < 1.29 is 8.77 Å². The predicted octanol–water partition coefficient (Wildman–Crippen LogP) is 8.87. The number of halogens is 3. The Morgan fingerprint density at radius 2 is 1.50 bits per heavy atom. The van der Waals surface area contributed by atoms with Gasteiger partial charge in [-0.05, 0) is 138 Å². The SMILES string of the molecule is CC#CC#CC#CSOOCl.CN1CCC[C@@H]1Cc1c[nH]c2ccc(Br)cc12.CN1CCC[C@@H]1Cc1cn(C)c2ccc(Br)cc12. The molecule has 4 aromatic rings. The summed E-state index contributed by atoms with van der Waals surface area (Å²) in [5.74, 6) is 12.5. The minimum atomic E-state index is 0.716. The second kappa shape index (κ2) is 18.8. The van der Waals surface area contributed by atoms with Crippen molar-refractivity contribution in [2.75, 3.05) is 27.2 Å². The number of fused-ring (bicyclic) bond motifs is 2. The Morgan fingerprint density at radius 3 is 2.13 bits per heavy atom. The van der Waals surface area contributed by atoms with Crippen molar-refractivity contribution in [3.05, 3.63) is 68.9 Å². The van der Waals surface area contributed by atoms with E-state index in [9.17, 15) is 0 Å². The predicted molar refractivity (Wildman–Crippen MR) is 200 cm³/mol. The third-order valence-corrected chi connectivity index (χ3v) is 9.93. The second-order valence-electron chi connectivity index (χ2n) is 11.5. The molecule has 2 aliphatic rings. The van der Waals surface area contributed by atoms with Crippen LogP contribution in [0.3, 0.4) is 0 Å². The Kier molecular flexibility index (Phi) is 14.9. The Morgan fingerprint density at radius 1 is 0.870 bits per heavy atom. The zero-order valence-corrected chi connectivity index (χ0v) is 31.4. The van der Waals surface area contributed by atoms with Gasteiger partial charge in [-0.2, -0.15) is 0 Å². The lowest BCUT2D eigenvalue weighted by Crippen LogP contribution is -2.26. The zero-order chi connectivity index (χ0) is 32.9. The summed E-state index contributed by atoms with van der Waals surface area (Å²) < 4.78 is 12.4. The van der Waals surface area contributed by atoms with E-state index in [1.54, 1.807) is 6.92 Å². The van der Waals surface area contributed by atoms with Crippen molar-refractivity contribution in [3.63, 3.8) is 0 Å². The molecular formula is C36H39Br2ClN4O2S. The van der Waals surface area contributed by atoms with Crippen LogP contribution in [0.5, 0.6) is 0 Å². The van der Waals surface area contributed by atoms with Crippen LogP contribution in [-0.2, 0) is 28.7 Å². The molecule has 10 heteroatoms. The topological polar surface area (TPSA) is 45.7 Å². The smallest absolute Gasteiger partial charge is 0.124 e. The monoisotopic (exact) mass is 784 g/mol. The van der Waals surface area contributed by atoms with Crippen LogP contribution in [-0.4, -0.2) is 58.6 Å². The highest BCUT2D eigenvalue weighted by atomic mass is 79.9. The molecule has 2 aliphatic heterocycles. The molecule has 2 aromatic carbocycles. The van der Waals surface area contributed by atoms with Gasteiger partial charge < -0.3 is 19.4 Å². The van der Waals surface area contributed by atoms with Gasteiger partial charge in [-0.25, -0.2) is 0 Å². The van der Waals surface area contributed by atoms with Crippen LogP contribution in [0, 0.1) is 34.9 Å². The fourth-order valence-corrected chi connectivity index (χ4v) is 7.06. The molecule has 2 atom stereocenters. The fraction of sp³-hybridized carbons (Fsp3) is 0.389. The van der Waals surface area contributed by atoms with Crippen LogP contribution in [0.15, 0.2) is 57.7 Å². The molecule has 6 nitrogen and oxygen atoms in total. The van der Waals surface area contributed by atoms with Crippen molar-refractivity contribution in [1.82, 2.24) is 19.4 Å². The summed E-state index contributed by atoms with van der Waals surface area (Å²) in [6, 6.07) is 14.4. The summed E-state index contributed by atoms with van der Waals surface area (Å²) in [6.07, 6.45) is 12.1. The normalized spacial score (nSPS) is 17.5. The highest BCUT2D eigenvalue weighted by Gasteiger charge is 2.23. The van der Waals surface area contributed by atoms with Gasteiger partial charge in [0.15, 0.2) is 0 Å². The van der Waals surface area contributed by atoms with Gasteiger partial charge in [0.2, 0.25) is 0 Å². The molecule has 0 saturated carbocycles. The zero-order valence-electron chi connectivity index (χ0n) is 26.6. The minimum absolute atomic E-state index is 0.716. The van der Waals surface area contributed by atoms with Crippen LogP contribution in [0.1, 0.15) is 43.7 Å². The molecule has 0 amide bonds. The first-order valence-corrected chi connectivity index (χ1v) is 17.9. The number of nitrogens with one attached hydrogen (secondary N) is 1. The second-order valence-corrected chi connectivity index (χ2v) is 13.9. The van der Waals surface area contributed by atoms with Crippen molar-refractivity contribution >= 4 is 77.6 Å². The van der Waals surface area contributed by atoms with Gasteiger partial charge in [0, 0.05) is 73.4 Å². The molecule has 4 heterocycles. The third kappa shape index (κ3) is 10.6. The number of aromatic nitrogens is 2. The summed E-state index contributed by atoms with van der Waals surface area (Å²) in [5, 5.41) is 5.20. The van der Waals surface area contributed by atoms with Crippen molar-refractivity contribution in [1.29, 1.82) is 0 Å². The van der Waals surface area contributed by atoms with Gasteiger partial charge in [0.1, 0.15) is 23.9 Å². The number of rotatable bonds is 6. The molecule has 0 aliphatic carbocycles. The quantitative estimate of drug-likeness (QED) is 0.0696. The molecular weight excluding hydrogens is 748 g/mol. The van der Waals surface area contributed by atoms with E-state index >= 15 is 0 Å². The lowest BCUT2D eigenvalue weighted by molar-refractivity contribution is -0.0669. The lowest BCUT2D eigenvalue weighted by Gasteiger charge is -2.18. The summed E-state index contributed by atoms with van der Waals surface area (Å²) >= 11 is 12.6. The van der Waals surface area contributed by atoms with Gasteiger partial charge in [0.25, 0.3) is 0 Å². The number of hydrogen-bond donors (Lipinski definition) is 1. The average molecular weight is 787 g/mol. The molecule has 6 rings (SSSR count). The molecule has 46 heavy (non-hydrogen) atoms. The molecule has 2 saturated heterocycles. The molecule has 0 radical (unpaired) electrons. The largest absolute Gasteiger partial charge is 0.361 e. The van der Waals surface area contributed by atoms with E-state index in [0.29, 0.717) is 6.04 Å². The number of hydrogen-bond acceptors (Lipinski definition) is 5. The van der Waals surface area contributed by atoms with Gasteiger partial charge in [0.05, 0.1) is 0 Å². The van der Waals surface area contributed by atoms with Gasteiger partial charge in [-0.3, -0.25) is 0 Å². The van der Waals surface area contributed by atoms with E-state index in [-0.39, 0.29) is 0 Å². The molecule has 1 N–H and O–H groups in total. The summed E-state index contributed by atoms with van der Waals surface area (Å²) in [4.78, 5) is 8.34. The Hall–Kier alpha value is -2.36. The Balaban J connectivity index is 0.000000162. The molecule has 2 aromatic heterocycles.